The molecule has 0 fully saturated rings. The zero-order chi connectivity index (χ0) is 13.2. The Kier molecular flexibility index (Phi) is 7.10. The van der Waals surface area contributed by atoms with E-state index in [4.69, 9.17) is 10.5 Å². The molecule has 4 N–H and O–H groups in total. The van der Waals surface area contributed by atoms with Crippen LogP contribution in [-0.4, -0.2) is 37.5 Å². The first kappa shape index (κ1) is 14.7. The van der Waals surface area contributed by atoms with Gasteiger partial charge in [-0.25, -0.2) is 0 Å². The summed E-state index contributed by atoms with van der Waals surface area (Å²) in [5.41, 5.74) is 6.43. The van der Waals surface area contributed by atoms with Crippen LogP contribution in [0.2, 0.25) is 0 Å². The Labute approximate surface area is 108 Å². The maximum atomic E-state index is 9.71. The van der Waals surface area contributed by atoms with Gasteiger partial charge < -0.3 is 20.9 Å². The van der Waals surface area contributed by atoms with Crippen molar-refractivity contribution >= 4 is 0 Å². The second kappa shape index (κ2) is 8.69. The summed E-state index contributed by atoms with van der Waals surface area (Å²) in [7, 11) is 0. The van der Waals surface area contributed by atoms with Crippen LogP contribution in [0.5, 0.6) is 5.75 Å². The topological polar surface area (TPSA) is 67.5 Å². The maximum Gasteiger partial charge on any atom is 0.122 e. The molecule has 0 heterocycles. The van der Waals surface area contributed by atoms with Gasteiger partial charge in [-0.05, 0) is 18.1 Å². The smallest absolute Gasteiger partial charge is 0.122 e. The highest BCUT2D eigenvalue weighted by molar-refractivity contribution is 5.34. The minimum atomic E-state index is -0.534. The van der Waals surface area contributed by atoms with Gasteiger partial charge in [0, 0.05) is 19.6 Å². The zero-order valence-corrected chi connectivity index (χ0v) is 10.6. The van der Waals surface area contributed by atoms with E-state index in [1.54, 1.807) is 0 Å². The monoisotopic (exact) mass is 250 g/mol. The molecular weight excluding hydrogens is 228 g/mol. The summed E-state index contributed by atoms with van der Waals surface area (Å²) in [6.07, 6.45) is 2.06. The van der Waals surface area contributed by atoms with Crippen LogP contribution in [0.1, 0.15) is 5.56 Å². The van der Waals surface area contributed by atoms with Gasteiger partial charge in [-0.3, -0.25) is 0 Å². The van der Waals surface area contributed by atoms with Gasteiger partial charge in [0.05, 0.1) is 0 Å². The molecule has 0 bridgehead atoms. The minimum absolute atomic E-state index is 0.270. The van der Waals surface area contributed by atoms with Crippen molar-refractivity contribution in [2.24, 2.45) is 5.73 Å². The molecule has 1 aromatic rings. The SMILES string of the molecule is C=CCc1ccccc1OC[C@H](O)CNCCN. The van der Waals surface area contributed by atoms with Crippen LogP contribution in [0.25, 0.3) is 0 Å². The van der Waals surface area contributed by atoms with E-state index in [0.29, 0.717) is 19.6 Å². The van der Waals surface area contributed by atoms with E-state index < -0.39 is 6.10 Å². The molecule has 0 saturated carbocycles. The number of aliphatic hydroxyl groups excluding tert-OH is 1. The molecule has 4 heteroatoms. The molecule has 0 spiro atoms. The summed E-state index contributed by atoms with van der Waals surface area (Å²) in [6, 6.07) is 7.78. The van der Waals surface area contributed by atoms with Crippen molar-refractivity contribution in [2.45, 2.75) is 12.5 Å². The Morgan fingerprint density at radius 1 is 1.44 bits per heavy atom. The van der Waals surface area contributed by atoms with Gasteiger partial charge in [0.25, 0.3) is 0 Å². The highest BCUT2D eigenvalue weighted by Gasteiger charge is 2.06. The number of rotatable bonds is 9. The zero-order valence-electron chi connectivity index (χ0n) is 10.6. The first-order valence-electron chi connectivity index (χ1n) is 6.18. The van der Waals surface area contributed by atoms with Crippen molar-refractivity contribution in [3.63, 3.8) is 0 Å². The fraction of sp³-hybridized carbons (Fsp3) is 0.429. The van der Waals surface area contributed by atoms with Crippen LogP contribution in [0.15, 0.2) is 36.9 Å². The highest BCUT2D eigenvalue weighted by atomic mass is 16.5. The lowest BCUT2D eigenvalue weighted by Gasteiger charge is -2.14. The Bertz CT molecular complexity index is 355. The number of nitrogens with one attached hydrogen (secondary N) is 1. The molecule has 4 nitrogen and oxygen atoms in total. The molecule has 0 aliphatic rings. The van der Waals surface area contributed by atoms with Gasteiger partial charge in [0.2, 0.25) is 0 Å². The average Bonchev–Trinajstić information content (AvgIpc) is 2.38. The summed E-state index contributed by atoms with van der Waals surface area (Å²) < 4.78 is 5.61. The molecule has 1 rings (SSSR count). The van der Waals surface area contributed by atoms with E-state index in [2.05, 4.69) is 11.9 Å². The normalized spacial score (nSPS) is 12.1. The lowest BCUT2D eigenvalue weighted by atomic mass is 10.1. The third-order valence-electron chi connectivity index (χ3n) is 2.47. The van der Waals surface area contributed by atoms with E-state index >= 15 is 0 Å². The molecule has 1 aromatic carbocycles. The lowest BCUT2D eigenvalue weighted by molar-refractivity contribution is 0.106. The predicted molar refractivity (Wildman–Crippen MR) is 73.8 cm³/mol. The molecule has 0 saturated heterocycles. The largest absolute Gasteiger partial charge is 0.491 e. The number of benzene rings is 1. The first-order chi connectivity index (χ1) is 8.77. The first-order valence-corrected chi connectivity index (χ1v) is 6.18. The van der Waals surface area contributed by atoms with Crippen molar-refractivity contribution in [2.75, 3.05) is 26.2 Å². The van der Waals surface area contributed by atoms with Crippen LogP contribution in [0.4, 0.5) is 0 Å². The van der Waals surface area contributed by atoms with Gasteiger partial charge in [-0.1, -0.05) is 24.3 Å². The molecule has 0 unspecified atom stereocenters. The van der Waals surface area contributed by atoms with Gasteiger partial charge >= 0.3 is 0 Å². The van der Waals surface area contributed by atoms with E-state index in [-0.39, 0.29) is 6.61 Å². The van der Waals surface area contributed by atoms with Crippen molar-refractivity contribution in [3.8, 4) is 5.75 Å². The van der Waals surface area contributed by atoms with E-state index in [0.717, 1.165) is 17.7 Å². The maximum absolute atomic E-state index is 9.71. The Morgan fingerprint density at radius 2 is 2.22 bits per heavy atom. The highest BCUT2D eigenvalue weighted by Crippen LogP contribution is 2.18. The number of ether oxygens (including phenoxy) is 1. The van der Waals surface area contributed by atoms with Crippen LogP contribution in [0.3, 0.4) is 0 Å². The van der Waals surface area contributed by atoms with Crippen LogP contribution in [-0.2, 0) is 6.42 Å². The molecule has 0 aromatic heterocycles. The van der Waals surface area contributed by atoms with Crippen LogP contribution < -0.4 is 15.8 Å². The Morgan fingerprint density at radius 3 is 2.94 bits per heavy atom. The third kappa shape index (κ3) is 5.31. The van der Waals surface area contributed by atoms with Gasteiger partial charge in [0.1, 0.15) is 18.5 Å². The number of hydrogen-bond acceptors (Lipinski definition) is 4. The quantitative estimate of drug-likeness (QED) is 0.446. The summed E-state index contributed by atoms with van der Waals surface area (Å²) in [5, 5.41) is 12.7. The van der Waals surface area contributed by atoms with Crippen molar-refractivity contribution in [3.05, 3.63) is 42.5 Å². The third-order valence-corrected chi connectivity index (χ3v) is 2.47. The second-order valence-electron chi connectivity index (χ2n) is 4.06. The number of hydrogen-bond donors (Lipinski definition) is 3. The number of allylic oxidation sites excluding steroid dienone is 1. The van der Waals surface area contributed by atoms with Gasteiger partial charge in [0.15, 0.2) is 0 Å². The number of para-hydroxylation sites is 1. The summed E-state index contributed by atoms with van der Waals surface area (Å²) >= 11 is 0. The van der Waals surface area contributed by atoms with Crippen molar-refractivity contribution in [1.82, 2.24) is 5.32 Å². The van der Waals surface area contributed by atoms with Crippen molar-refractivity contribution in [1.29, 1.82) is 0 Å². The number of aliphatic hydroxyl groups is 1. The van der Waals surface area contributed by atoms with Gasteiger partial charge in [-0.2, -0.15) is 0 Å². The van der Waals surface area contributed by atoms with E-state index in [1.807, 2.05) is 30.3 Å². The van der Waals surface area contributed by atoms with Crippen molar-refractivity contribution < 1.29 is 9.84 Å². The fourth-order valence-electron chi connectivity index (χ4n) is 1.58. The molecule has 1 atom stereocenters. The molecule has 0 aliphatic heterocycles. The minimum Gasteiger partial charge on any atom is -0.491 e. The van der Waals surface area contributed by atoms with E-state index in [1.165, 1.54) is 0 Å². The van der Waals surface area contributed by atoms with E-state index in [9.17, 15) is 5.11 Å². The predicted octanol–water partition coefficient (Wildman–Crippen LogP) is 0.703. The Hall–Kier alpha value is -1.36. The fourth-order valence-corrected chi connectivity index (χ4v) is 1.58. The summed E-state index contributed by atoms with van der Waals surface area (Å²) in [4.78, 5) is 0. The molecule has 100 valence electrons. The average molecular weight is 250 g/mol. The van der Waals surface area contributed by atoms with Crippen LogP contribution >= 0.6 is 0 Å². The lowest BCUT2D eigenvalue weighted by Crippen LogP contribution is -2.34. The molecule has 0 aliphatic carbocycles. The van der Waals surface area contributed by atoms with Crippen LogP contribution in [0, 0.1) is 0 Å². The molecular formula is C14H22N2O2. The standard InChI is InChI=1S/C14H22N2O2/c1-2-5-12-6-3-4-7-14(12)18-11-13(17)10-16-9-8-15/h2-4,6-7,13,16-17H,1,5,8-11,15H2/t13-/m1/s1. The second-order valence-corrected chi connectivity index (χ2v) is 4.06. The Balaban J connectivity index is 2.40. The molecule has 0 radical (unpaired) electrons. The number of nitrogens with two attached hydrogens (primary N) is 1. The van der Waals surface area contributed by atoms with Gasteiger partial charge in [-0.15, -0.1) is 6.58 Å². The summed E-state index contributed by atoms with van der Waals surface area (Å²) in [6.45, 7) is 5.74. The summed E-state index contributed by atoms with van der Waals surface area (Å²) in [5.74, 6) is 0.801. The molecule has 0 amide bonds. The molecule has 18 heavy (non-hydrogen) atoms.